The second kappa shape index (κ2) is 5.02. The predicted molar refractivity (Wildman–Crippen MR) is 69.5 cm³/mol. The summed E-state index contributed by atoms with van der Waals surface area (Å²) in [4.78, 5) is 25.5. The van der Waals surface area contributed by atoms with E-state index < -0.39 is 10.8 Å². The molecule has 0 bridgehead atoms. The standard InChI is InChI=1S/C9H7BrN6O3/c10-5-2-1-4(16(18)19)3-6(5)12-8(17)7-13-9(11)15-14-7/h1-3H,(H,12,17)(H3,11,13,14,15). The Labute approximate surface area is 114 Å². The highest BCUT2D eigenvalue weighted by atomic mass is 79.9. The van der Waals surface area contributed by atoms with Crippen LogP contribution in [-0.4, -0.2) is 26.0 Å². The number of nitrogens with two attached hydrogens (primary N) is 1. The minimum absolute atomic E-state index is 0.0664. The van der Waals surface area contributed by atoms with Crippen molar-refractivity contribution in [3.63, 3.8) is 0 Å². The van der Waals surface area contributed by atoms with E-state index in [2.05, 4.69) is 36.4 Å². The molecule has 0 aliphatic carbocycles. The third kappa shape index (κ3) is 2.85. The summed E-state index contributed by atoms with van der Waals surface area (Å²) in [5, 5.41) is 19.0. The maximum absolute atomic E-state index is 11.8. The van der Waals surface area contributed by atoms with Crippen LogP contribution in [0, 0.1) is 10.1 Å². The first-order valence-corrected chi connectivity index (χ1v) is 5.70. The van der Waals surface area contributed by atoms with Gasteiger partial charge in [0.1, 0.15) is 0 Å². The van der Waals surface area contributed by atoms with Crippen LogP contribution in [0.4, 0.5) is 17.3 Å². The number of nitrogens with zero attached hydrogens (tertiary/aromatic N) is 3. The lowest BCUT2D eigenvalue weighted by molar-refractivity contribution is -0.384. The number of amides is 1. The number of nitrogens with one attached hydrogen (secondary N) is 2. The average molecular weight is 327 g/mol. The quantitative estimate of drug-likeness (QED) is 0.573. The number of rotatable bonds is 3. The van der Waals surface area contributed by atoms with Crippen LogP contribution < -0.4 is 11.1 Å². The number of hydrogen-bond acceptors (Lipinski definition) is 6. The minimum atomic E-state index is -0.606. The first-order valence-electron chi connectivity index (χ1n) is 4.90. The zero-order valence-electron chi connectivity index (χ0n) is 9.25. The second-order valence-electron chi connectivity index (χ2n) is 3.42. The summed E-state index contributed by atoms with van der Waals surface area (Å²) in [7, 11) is 0. The van der Waals surface area contributed by atoms with E-state index in [1.54, 1.807) is 0 Å². The Morgan fingerprint density at radius 3 is 2.84 bits per heavy atom. The summed E-state index contributed by atoms with van der Waals surface area (Å²) in [6.07, 6.45) is 0. The molecular weight excluding hydrogens is 320 g/mol. The number of nitro groups is 1. The van der Waals surface area contributed by atoms with Crippen LogP contribution in [0.2, 0.25) is 0 Å². The predicted octanol–water partition coefficient (Wildman–Crippen LogP) is 1.31. The Kier molecular flexibility index (Phi) is 3.42. The van der Waals surface area contributed by atoms with E-state index in [9.17, 15) is 14.9 Å². The Morgan fingerprint density at radius 1 is 1.53 bits per heavy atom. The summed E-state index contributed by atoms with van der Waals surface area (Å²) in [6.45, 7) is 0. The van der Waals surface area contributed by atoms with Crippen molar-refractivity contribution in [2.45, 2.75) is 0 Å². The number of benzene rings is 1. The van der Waals surface area contributed by atoms with Crippen LogP contribution in [0.1, 0.15) is 10.6 Å². The molecule has 2 rings (SSSR count). The molecule has 0 fully saturated rings. The summed E-state index contributed by atoms with van der Waals surface area (Å²) >= 11 is 3.18. The number of nitrogen functional groups attached to an aromatic ring is 1. The van der Waals surface area contributed by atoms with E-state index in [0.29, 0.717) is 4.47 Å². The molecule has 0 saturated heterocycles. The summed E-state index contributed by atoms with van der Waals surface area (Å²) in [5.41, 5.74) is 5.37. The monoisotopic (exact) mass is 326 g/mol. The van der Waals surface area contributed by atoms with Gasteiger partial charge in [-0.3, -0.25) is 20.0 Å². The van der Waals surface area contributed by atoms with Gasteiger partial charge in [-0.15, -0.1) is 5.10 Å². The van der Waals surface area contributed by atoms with Gasteiger partial charge in [-0.2, -0.15) is 4.98 Å². The van der Waals surface area contributed by atoms with Gasteiger partial charge in [0.15, 0.2) is 0 Å². The molecule has 0 unspecified atom stereocenters. The highest BCUT2D eigenvalue weighted by Gasteiger charge is 2.15. The van der Waals surface area contributed by atoms with Crippen LogP contribution in [0.5, 0.6) is 0 Å². The van der Waals surface area contributed by atoms with Crippen molar-refractivity contribution in [2.24, 2.45) is 0 Å². The molecule has 98 valence electrons. The molecule has 2 aromatic rings. The minimum Gasteiger partial charge on any atom is -0.366 e. The molecule has 0 atom stereocenters. The average Bonchev–Trinajstić information content (AvgIpc) is 2.78. The van der Waals surface area contributed by atoms with Crippen molar-refractivity contribution < 1.29 is 9.72 Å². The number of aromatic amines is 1. The van der Waals surface area contributed by atoms with E-state index >= 15 is 0 Å². The van der Waals surface area contributed by atoms with Crippen LogP contribution in [0.3, 0.4) is 0 Å². The zero-order valence-corrected chi connectivity index (χ0v) is 10.8. The van der Waals surface area contributed by atoms with Gasteiger partial charge >= 0.3 is 0 Å². The van der Waals surface area contributed by atoms with Gasteiger partial charge in [0.2, 0.25) is 11.8 Å². The van der Waals surface area contributed by atoms with Crippen LogP contribution in [-0.2, 0) is 0 Å². The molecule has 10 heteroatoms. The largest absolute Gasteiger partial charge is 0.366 e. The van der Waals surface area contributed by atoms with E-state index in [0.717, 1.165) is 0 Å². The van der Waals surface area contributed by atoms with E-state index in [-0.39, 0.29) is 23.1 Å². The number of carbonyl (C=O) groups is 1. The lowest BCUT2D eigenvalue weighted by Crippen LogP contribution is -2.14. The zero-order chi connectivity index (χ0) is 14.0. The SMILES string of the molecule is Nc1n[nH]c(C(=O)Nc2cc([N+](=O)[O-])ccc2Br)n1. The maximum Gasteiger partial charge on any atom is 0.293 e. The van der Waals surface area contributed by atoms with Crippen molar-refractivity contribution in [3.05, 3.63) is 38.6 Å². The lowest BCUT2D eigenvalue weighted by atomic mass is 10.3. The highest BCUT2D eigenvalue weighted by Crippen LogP contribution is 2.27. The third-order valence-electron chi connectivity index (χ3n) is 2.13. The molecule has 1 aromatic heterocycles. The molecule has 1 amide bonds. The number of halogens is 1. The van der Waals surface area contributed by atoms with Crippen LogP contribution >= 0.6 is 15.9 Å². The summed E-state index contributed by atoms with van der Waals surface area (Å²) in [5.74, 6) is -0.760. The molecule has 9 nitrogen and oxygen atoms in total. The van der Waals surface area contributed by atoms with E-state index in [1.165, 1.54) is 18.2 Å². The number of non-ortho nitro benzene ring substituents is 1. The van der Waals surface area contributed by atoms with Gasteiger partial charge < -0.3 is 11.1 Å². The molecule has 0 saturated carbocycles. The van der Waals surface area contributed by atoms with E-state index in [1.807, 2.05) is 0 Å². The molecule has 19 heavy (non-hydrogen) atoms. The van der Waals surface area contributed by atoms with Crippen molar-refractivity contribution in [2.75, 3.05) is 11.1 Å². The Morgan fingerprint density at radius 2 is 2.26 bits per heavy atom. The molecule has 4 N–H and O–H groups in total. The third-order valence-corrected chi connectivity index (χ3v) is 2.82. The topological polar surface area (TPSA) is 140 Å². The molecule has 0 aliphatic heterocycles. The van der Waals surface area contributed by atoms with Gasteiger partial charge in [0.05, 0.1) is 10.6 Å². The molecule has 1 heterocycles. The molecular formula is C9H7BrN6O3. The first kappa shape index (κ1) is 13.0. The molecule has 1 aromatic carbocycles. The van der Waals surface area contributed by atoms with Gasteiger partial charge in [-0.1, -0.05) is 0 Å². The number of aromatic nitrogens is 3. The fourth-order valence-electron chi connectivity index (χ4n) is 1.28. The van der Waals surface area contributed by atoms with Crippen molar-refractivity contribution >= 4 is 39.2 Å². The van der Waals surface area contributed by atoms with Crippen molar-refractivity contribution in [3.8, 4) is 0 Å². The van der Waals surface area contributed by atoms with Gasteiger partial charge in [-0.05, 0) is 22.0 Å². The maximum atomic E-state index is 11.8. The first-order chi connectivity index (χ1) is 8.97. The fourth-order valence-corrected chi connectivity index (χ4v) is 1.63. The van der Waals surface area contributed by atoms with Gasteiger partial charge in [0.25, 0.3) is 11.6 Å². The summed E-state index contributed by atoms with van der Waals surface area (Å²) < 4.78 is 0.499. The Hall–Kier alpha value is -2.49. The molecule has 0 spiro atoms. The second-order valence-corrected chi connectivity index (χ2v) is 4.27. The number of carbonyl (C=O) groups excluding carboxylic acids is 1. The van der Waals surface area contributed by atoms with E-state index in [4.69, 9.17) is 5.73 Å². The van der Waals surface area contributed by atoms with Gasteiger partial charge in [0, 0.05) is 16.6 Å². The summed E-state index contributed by atoms with van der Waals surface area (Å²) in [6, 6.07) is 4.00. The lowest BCUT2D eigenvalue weighted by Gasteiger charge is -2.05. The Balaban J connectivity index is 2.25. The smallest absolute Gasteiger partial charge is 0.293 e. The van der Waals surface area contributed by atoms with Gasteiger partial charge in [-0.25, -0.2) is 0 Å². The Bertz CT molecular complexity index is 655. The van der Waals surface area contributed by atoms with Crippen LogP contribution in [0.25, 0.3) is 0 Å². The fraction of sp³-hybridized carbons (Fsp3) is 0. The normalized spacial score (nSPS) is 10.2. The highest BCUT2D eigenvalue weighted by molar-refractivity contribution is 9.10. The molecule has 0 radical (unpaired) electrons. The number of hydrogen-bond donors (Lipinski definition) is 3. The molecule has 0 aliphatic rings. The number of H-pyrrole nitrogens is 1. The number of anilines is 2. The van der Waals surface area contributed by atoms with Crippen molar-refractivity contribution in [1.82, 2.24) is 15.2 Å². The van der Waals surface area contributed by atoms with Crippen molar-refractivity contribution in [1.29, 1.82) is 0 Å². The van der Waals surface area contributed by atoms with Crippen LogP contribution in [0.15, 0.2) is 22.7 Å². The number of nitro benzene ring substituents is 1.